The molecule has 2 aliphatic rings. The molecule has 10 nitrogen and oxygen atoms in total. The summed E-state index contributed by atoms with van der Waals surface area (Å²) < 4.78 is 15.7. The largest absolute Gasteiger partial charge is 0.459 e. The highest BCUT2D eigenvalue weighted by atomic mass is 16.6. The third-order valence-corrected chi connectivity index (χ3v) is 7.43. The van der Waals surface area contributed by atoms with Crippen molar-refractivity contribution in [2.75, 3.05) is 45.8 Å². The number of benzene rings is 2. The molecule has 44 heavy (non-hydrogen) atoms. The summed E-state index contributed by atoms with van der Waals surface area (Å²) in [6, 6.07) is 19.3. The molecule has 242 valence electrons. The van der Waals surface area contributed by atoms with Crippen molar-refractivity contribution in [3.63, 3.8) is 0 Å². The Bertz CT molecular complexity index is 1110. The zero-order valence-electron chi connectivity index (χ0n) is 26.5. The van der Waals surface area contributed by atoms with Crippen LogP contribution in [0.3, 0.4) is 0 Å². The van der Waals surface area contributed by atoms with Crippen LogP contribution in [0.2, 0.25) is 0 Å². The molecular weight excluding hydrogens is 560 g/mol. The number of hydrogen-bond donors (Lipinski definition) is 3. The summed E-state index contributed by atoms with van der Waals surface area (Å²) in [7, 11) is 0. The van der Waals surface area contributed by atoms with Gasteiger partial charge in [0.2, 0.25) is 0 Å². The van der Waals surface area contributed by atoms with Crippen LogP contribution in [0.15, 0.2) is 60.7 Å². The van der Waals surface area contributed by atoms with Crippen LogP contribution < -0.4 is 16.0 Å². The lowest BCUT2D eigenvalue weighted by molar-refractivity contribution is -0.156. The van der Waals surface area contributed by atoms with Gasteiger partial charge in [-0.05, 0) is 95.6 Å². The topological polar surface area (TPSA) is 118 Å². The van der Waals surface area contributed by atoms with Crippen LogP contribution in [-0.4, -0.2) is 74.5 Å². The van der Waals surface area contributed by atoms with Crippen LogP contribution in [0.5, 0.6) is 0 Å². The van der Waals surface area contributed by atoms with E-state index in [9.17, 15) is 14.4 Å². The Morgan fingerprint density at radius 3 is 1.66 bits per heavy atom. The number of carbonyl (C=O) groups excluding carboxylic acids is 3. The smallest absolute Gasteiger partial charge is 0.407 e. The molecule has 2 aromatic carbocycles. The molecule has 0 saturated carbocycles. The van der Waals surface area contributed by atoms with Crippen molar-refractivity contribution in [3.05, 3.63) is 71.8 Å². The molecule has 0 unspecified atom stereocenters. The Labute approximate surface area is 262 Å². The van der Waals surface area contributed by atoms with Gasteiger partial charge >= 0.3 is 18.2 Å². The highest BCUT2D eigenvalue weighted by Gasteiger charge is 2.24. The third kappa shape index (κ3) is 15.2. The molecule has 0 aliphatic carbocycles. The quantitative estimate of drug-likeness (QED) is 0.258. The number of likely N-dealkylation sites (tertiary alicyclic amines) is 1. The second kappa shape index (κ2) is 18.9. The molecule has 0 radical (unpaired) electrons. The predicted octanol–water partition coefficient (Wildman–Crippen LogP) is 4.88. The number of nitrogens with zero attached hydrogens (tertiary/aromatic N) is 1. The van der Waals surface area contributed by atoms with Crippen LogP contribution in [0, 0.1) is 11.8 Å². The van der Waals surface area contributed by atoms with E-state index >= 15 is 0 Å². The van der Waals surface area contributed by atoms with Gasteiger partial charge in [0.25, 0.3) is 0 Å². The molecule has 0 spiro atoms. The maximum absolute atomic E-state index is 11.9. The van der Waals surface area contributed by atoms with E-state index < -0.39 is 5.60 Å². The molecule has 2 aliphatic heterocycles. The van der Waals surface area contributed by atoms with Gasteiger partial charge in [0.05, 0.1) is 6.54 Å². The summed E-state index contributed by atoms with van der Waals surface area (Å²) in [5.41, 5.74) is 1.53. The summed E-state index contributed by atoms with van der Waals surface area (Å²) in [4.78, 5) is 37.3. The number of alkyl carbamates (subject to hydrolysis) is 2. The Morgan fingerprint density at radius 1 is 0.750 bits per heavy atom. The Hall–Kier alpha value is -3.63. The number of hydrogen-bond acceptors (Lipinski definition) is 8. The molecule has 3 N–H and O–H groups in total. The number of piperidine rings is 2. The maximum Gasteiger partial charge on any atom is 0.407 e. The van der Waals surface area contributed by atoms with E-state index in [0.717, 1.165) is 69.5 Å². The molecule has 2 amide bonds. The Morgan fingerprint density at radius 2 is 1.20 bits per heavy atom. The fourth-order valence-electron chi connectivity index (χ4n) is 4.99. The first-order chi connectivity index (χ1) is 21.2. The minimum absolute atomic E-state index is 0.182. The molecular formula is C34H50N4O6. The molecule has 4 rings (SSSR count). The van der Waals surface area contributed by atoms with Crippen LogP contribution in [0.1, 0.15) is 57.6 Å². The second-order valence-corrected chi connectivity index (χ2v) is 12.4. The van der Waals surface area contributed by atoms with Gasteiger partial charge in [0.1, 0.15) is 18.8 Å². The number of ether oxygens (including phenoxy) is 3. The van der Waals surface area contributed by atoms with Gasteiger partial charge < -0.3 is 30.2 Å². The van der Waals surface area contributed by atoms with Crippen molar-refractivity contribution in [2.45, 2.75) is 65.3 Å². The number of amides is 2. The van der Waals surface area contributed by atoms with Gasteiger partial charge in [-0.1, -0.05) is 60.7 Å². The average Bonchev–Trinajstić information content (AvgIpc) is 3.02. The minimum Gasteiger partial charge on any atom is -0.459 e. The normalized spacial score (nSPS) is 16.2. The lowest BCUT2D eigenvalue weighted by Gasteiger charge is -2.32. The Kier molecular flexibility index (Phi) is 15.0. The lowest BCUT2D eigenvalue weighted by atomic mass is 9.97. The Balaban J connectivity index is 0.000000257. The van der Waals surface area contributed by atoms with Crippen LogP contribution >= 0.6 is 0 Å². The summed E-state index contributed by atoms with van der Waals surface area (Å²) in [6.45, 7) is 11.7. The molecule has 0 aromatic heterocycles. The molecule has 10 heteroatoms. The predicted molar refractivity (Wildman–Crippen MR) is 170 cm³/mol. The van der Waals surface area contributed by atoms with Crippen molar-refractivity contribution in [1.82, 2.24) is 20.9 Å². The summed E-state index contributed by atoms with van der Waals surface area (Å²) in [6.07, 6.45) is 3.43. The lowest BCUT2D eigenvalue weighted by Crippen LogP contribution is -2.42. The maximum atomic E-state index is 11.9. The first kappa shape index (κ1) is 34.9. The van der Waals surface area contributed by atoms with Crippen LogP contribution in [0.25, 0.3) is 0 Å². The van der Waals surface area contributed by atoms with Crippen LogP contribution in [-0.2, 0) is 32.2 Å². The van der Waals surface area contributed by atoms with E-state index in [1.807, 2.05) is 81.4 Å². The van der Waals surface area contributed by atoms with Gasteiger partial charge in [-0.3, -0.25) is 9.69 Å². The average molecular weight is 611 g/mol. The van der Waals surface area contributed by atoms with E-state index in [1.54, 1.807) is 0 Å². The fraction of sp³-hybridized carbons (Fsp3) is 0.559. The third-order valence-electron chi connectivity index (χ3n) is 7.43. The van der Waals surface area contributed by atoms with Crippen molar-refractivity contribution >= 4 is 18.2 Å². The minimum atomic E-state index is -0.445. The van der Waals surface area contributed by atoms with E-state index in [-0.39, 0.29) is 24.8 Å². The van der Waals surface area contributed by atoms with Gasteiger partial charge in [0, 0.05) is 13.1 Å². The number of esters is 1. The number of nitrogens with one attached hydrogen (secondary N) is 3. The van der Waals surface area contributed by atoms with Gasteiger partial charge in [-0.25, -0.2) is 9.59 Å². The van der Waals surface area contributed by atoms with E-state index in [0.29, 0.717) is 31.5 Å². The molecule has 2 saturated heterocycles. The van der Waals surface area contributed by atoms with Gasteiger partial charge in [-0.15, -0.1) is 0 Å². The van der Waals surface area contributed by atoms with Crippen molar-refractivity contribution in [2.24, 2.45) is 11.8 Å². The van der Waals surface area contributed by atoms with Crippen LogP contribution in [0.4, 0.5) is 9.59 Å². The van der Waals surface area contributed by atoms with Gasteiger partial charge in [-0.2, -0.15) is 0 Å². The van der Waals surface area contributed by atoms with E-state index in [2.05, 4.69) is 20.9 Å². The second-order valence-electron chi connectivity index (χ2n) is 12.4. The molecule has 2 aromatic rings. The number of carbonyl (C=O) groups is 3. The highest BCUT2D eigenvalue weighted by Crippen LogP contribution is 2.17. The van der Waals surface area contributed by atoms with Crippen molar-refractivity contribution < 1.29 is 28.6 Å². The van der Waals surface area contributed by atoms with Crippen molar-refractivity contribution in [3.8, 4) is 0 Å². The monoisotopic (exact) mass is 610 g/mol. The summed E-state index contributed by atoms with van der Waals surface area (Å²) in [5.74, 6) is 0.809. The highest BCUT2D eigenvalue weighted by molar-refractivity contribution is 5.72. The molecule has 2 fully saturated rings. The summed E-state index contributed by atoms with van der Waals surface area (Å²) >= 11 is 0. The summed E-state index contributed by atoms with van der Waals surface area (Å²) in [5, 5.41) is 8.98. The molecule has 0 bridgehead atoms. The van der Waals surface area contributed by atoms with E-state index in [4.69, 9.17) is 14.2 Å². The zero-order chi connectivity index (χ0) is 31.6. The standard InChI is InChI=1S/C20H30N2O4.C14H20N2O2/c1-20(2,3)26-18(23)14-22-11-9-16(10-12-22)13-21-19(24)25-15-17-7-5-4-6-8-17;17-14(16-10-12-6-8-15-9-7-12)18-11-13-4-2-1-3-5-13/h4-8,16H,9-15H2,1-3H3,(H,21,24);1-5,12,15H,6-11H2,(H,16,17). The molecule has 0 atom stereocenters. The van der Waals surface area contributed by atoms with E-state index in [1.165, 1.54) is 0 Å². The first-order valence-electron chi connectivity index (χ1n) is 15.7. The van der Waals surface area contributed by atoms with Gasteiger partial charge in [0.15, 0.2) is 0 Å². The van der Waals surface area contributed by atoms with Crippen molar-refractivity contribution in [1.29, 1.82) is 0 Å². The zero-order valence-corrected chi connectivity index (χ0v) is 26.5. The fourth-order valence-corrected chi connectivity index (χ4v) is 4.99. The first-order valence-corrected chi connectivity index (χ1v) is 15.7. The molecule has 2 heterocycles. The SMILES string of the molecule is CC(C)(C)OC(=O)CN1CCC(CNC(=O)OCc2ccccc2)CC1.O=C(NCC1CCNCC1)OCc1ccccc1. The number of rotatable bonds is 10.